The summed E-state index contributed by atoms with van der Waals surface area (Å²) >= 11 is 0. The van der Waals surface area contributed by atoms with Gasteiger partial charge in [0.15, 0.2) is 0 Å². The summed E-state index contributed by atoms with van der Waals surface area (Å²) in [6.45, 7) is 9.42. The summed E-state index contributed by atoms with van der Waals surface area (Å²) in [7, 11) is 0. The molecule has 23 heavy (non-hydrogen) atoms. The highest BCUT2D eigenvalue weighted by molar-refractivity contribution is 5.90. The zero-order chi connectivity index (χ0) is 16.9. The molecule has 0 amide bonds. The lowest BCUT2D eigenvalue weighted by molar-refractivity contribution is 0.518. The smallest absolute Gasteiger partial charge is 0.0808 e. The Bertz CT molecular complexity index is 770. The first kappa shape index (κ1) is 16.9. The minimum absolute atomic E-state index is 0.234. The third-order valence-corrected chi connectivity index (χ3v) is 3.41. The van der Waals surface area contributed by atoms with Gasteiger partial charge >= 0.3 is 0 Å². The molecule has 0 aliphatic heterocycles. The Hall–Kier alpha value is -2.46. The average Bonchev–Trinajstić information content (AvgIpc) is 2.87. The Balaban J connectivity index is 2.39. The number of nitrogens with one attached hydrogen (secondary N) is 1. The molecule has 1 aromatic heterocycles. The van der Waals surface area contributed by atoms with Crippen molar-refractivity contribution in [3.8, 4) is 0 Å². The van der Waals surface area contributed by atoms with E-state index in [-0.39, 0.29) is 5.54 Å². The predicted molar refractivity (Wildman–Crippen MR) is 101 cm³/mol. The van der Waals surface area contributed by atoms with E-state index >= 15 is 0 Å². The maximum atomic E-state index is 6.15. The lowest BCUT2D eigenvalue weighted by Crippen LogP contribution is -2.34. The van der Waals surface area contributed by atoms with Gasteiger partial charge in [-0.15, -0.1) is 0 Å². The van der Waals surface area contributed by atoms with Gasteiger partial charge in [-0.05, 0) is 51.1 Å². The molecular formula is C19H24N4. The molecular weight excluding hydrogens is 284 g/mol. The van der Waals surface area contributed by atoms with Crippen molar-refractivity contribution in [1.29, 1.82) is 0 Å². The van der Waals surface area contributed by atoms with Crippen LogP contribution in [0.25, 0.3) is 17.0 Å². The first-order valence-corrected chi connectivity index (χ1v) is 7.65. The summed E-state index contributed by atoms with van der Waals surface area (Å²) < 4.78 is 0. The lowest BCUT2D eigenvalue weighted by atomic mass is 9.95. The number of rotatable bonds is 6. The van der Waals surface area contributed by atoms with Crippen LogP contribution in [0.15, 0.2) is 52.4 Å². The van der Waals surface area contributed by atoms with Crippen LogP contribution in [0.3, 0.4) is 0 Å². The topological polar surface area (TPSA) is 66.5 Å². The molecule has 1 aromatic carbocycles. The van der Waals surface area contributed by atoms with E-state index in [1.165, 1.54) is 10.9 Å². The molecule has 0 fully saturated rings. The molecule has 4 heteroatoms. The van der Waals surface area contributed by atoms with Crippen LogP contribution >= 0.6 is 0 Å². The molecule has 0 bridgehead atoms. The summed E-state index contributed by atoms with van der Waals surface area (Å²) in [5, 5.41) is 1.21. The third-order valence-electron chi connectivity index (χ3n) is 3.41. The largest absolute Gasteiger partial charge is 0.360 e. The van der Waals surface area contributed by atoms with Gasteiger partial charge in [0.2, 0.25) is 0 Å². The van der Waals surface area contributed by atoms with E-state index in [1.54, 1.807) is 12.4 Å². The van der Waals surface area contributed by atoms with Gasteiger partial charge in [-0.3, -0.25) is 9.98 Å². The Morgan fingerprint density at radius 2 is 2.17 bits per heavy atom. The van der Waals surface area contributed by atoms with Crippen molar-refractivity contribution in [3.05, 3.63) is 53.5 Å². The van der Waals surface area contributed by atoms with E-state index in [4.69, 9.17) is 5.73 Å². The molecule has 2 rings (SSSR count). The molecule has 3 N–H and O–H groups in total. The fourth-order valence-corrected chi connectivity index (χ4v) is 2.55. The van der Waals surface area contributed by atoms with Gasteiger partial charge in [-0.1, -0.05) is 24.3 Å². The number of nitrogens with zero attached hydrogens (tertiary/aromatic N) is 2. The van der Waals surface area contributed by atoms with Gasteiger partial charge in [0.05, 0.1) is 17.4 Å². The zero-order valence-electron chi connectivity index (χ0n) is 14.0. The molecule has 1 heterocycles. The van der Waals surface area contributed by atoms with Crippen molar-refractivity contribution >= 4 is 29.9 Å². The average molecular weight is 308 g/mol. The Morgan fingerprint density at radius 3 is 2.83 bits per heavy atom. The van der Waals surface area contributed by atoms with Gasteiger partial charge in [-0.2, -0.15) is 0 Å². The number of aliphatic imine (C=N–C) groups is 2. The molecule has 0 atom stereocenters. The number of hydrogen-bond acceptors (Lipinski definition) is 3. The van der Waals surface area contributed by atoms with E-state index in [9.17, 15) is 0 Å². The number of hydrogen-bond donors (Lipinski definition) is 2. The van der Waals surface area contributed by atoms with Crippen LogP contribution in [0.2, 0.25) is 0 Å². The summed E-state index contributed by atoms with van der Waals surface area (Å²) in [6, 6.07) is 6.25. The molecule has 0 aliphatic rings. The van der Waals surface area contributed by atoms with Crippen LogP contribution in [-0.4, -0.2) is 23.5 Å². The molecule has 120 valence electrons. The Labute approximate surface area is 137 Å². The van der Waals surface area contributed by atoms with Gasteiger partial charge in [0.25, 0.3) is 0 Å². The maximum absolute atomic E-state index is 6.15. The van der Waals surface area contributed by atoms with Gasteiger partial charge in [0.1, 0.15) is 0 Å². The van der Waals surface area contributed by atoms with Crippen LogP contribution in [-0.2, 0) is 6.42 Å². The Kier molecular flexibility index (Phi) is 5.29. The minimum atomic E-state index is -0.234. The molecule has 0 spiro atoms. The maximum Gasteiger partial charge on any atom is 0.0808 e. The van der Waals surface area contributed by atoms with E-state index in [2.05, 4.69) is 39.9 Å². The van der Waals surface area contributed by atoms with Gasteiger partial charge < -0.3 is 10.7 Å². The normalized spacial score (nSPS) is 13.5. The molecule has 4 nitrogen and oxygen atoms in total. The van der Waals surface area contributed by atoms with Crippen molar-refractivity contribution < 1.29 is 0 Å². The lowest BCUT2D eigenvalue weighted by Gasteiger charge is -2.17. The zero-order valence-corrected chi connectivity index (χ0v) is 14.0. The van der Waals surface area contributed by atoms with Crippen LogP contribution in [0.4, 0.5) is 0 Å². The van der Waals surface area contributed by atoms with Crippen LogP contribution in [0, 0.1) is 0 Å². The molecule has 0 aliphatic carbocycles. The summed E-state index contributed by atoms with van der Waals surface area (Å²) in [6.07, 6.45) is 10.2. The quantitative estimate of drug-likeness (QED) is 0.612. The van der Waals surface area contributed by atoms with Crippen molar-refractivity contribution in [2.45, 2.75) is 32.7 Å². The Morgan fingerprint density at radius 1 is 1.39 bits per heavy atom. The number of fused-ring (bicyclic) bond motifs is 1. The highest BCUT2D eigenvalue weighted by Gasteiger charge is 2.15. The number of allylic oxidation sites excluding steroid dienone is 1. The van der Waals surface area contributed by atoms with Crippen LogP contribution < -0.4 is 5.73 Å². The van der Waals surface area contributed by atoms with Crippen molar-refractivity contribution in [1.82, 2.24) is 4.98 Å². The fraction of sp³-hybridized carbons (Fsp3) is 0.263. The highest BCUT2D eigenvalue weighted by atomic mass is 14.8. The second-order valence-electron chi connectivity index (χ2n) is 6.21. The first-order valence-electron chi connectivity index (χ1n) is 7.65. The fourth-order valence-electron chi connectivity index (χ4n) is 2.55. The second-order valence-corrected chi connectivity index (χ2v) is 6.21. The number of H-pyrrole nitrogens is 1. The minimum Gasteiger partial charge on any atom is -0.360 e. The van der Waals surface area contributed by atoms with E-state index in [0.29, 0.717) is 0 Å². The van der Waals surface area contributed by atoms with Crippen LogP contribution in [0.1, 0.15) is 31.9 Å². The van der Waals surface area contributed by atoms with Crippen molar-refractivity contribution in [3.63, 3.8) is 0 Å². The number of nitrogens with two attached hydrogens (primary N) is 1. The molecule has 0 saturated heterocycles. The number of para-hydroxylation sites is 1. The predicted octanol–water partition coefficient (Wildman–Crippen LogP) is 4.09. The van der Waals surface area contributed by atoms with Gasteiger partial charge in [0, 0.05) is 23.3 Å². The van der Waals surface area contributed by atoms with Crippen LogP contribution in [0.5, 0.6) is 0 Å². The summed E-state index contributed by atoms with van der Waals surface area (Å²) in [5.74, 6) is 0. The van der Waals surface area contributed by atoms with Crippen molar-refractivity contribution in [2.75, 3.05) is 0 Å². The first-order chi connectivity index (χ1) is 10.9. The van der Waals surface area contributed by atoms with E-state index in [0.717, 1.165) is 23.2 Å². The third kappa shape index (κ3) is 4.50. The second kappa shape index (κ2) is 7.20. The standard InChI is InChI=1S/C19H24N4/c1-5-22-16(13-21-4)10-9-14-7-6-8-17-15(11-19(2,3)20)12-23-18(14)17/h5-10,12-13,23H,4,11,20H2,1-3H3/b10-9+,16-13-,22-5?. The highest BCUT2D eigenvalue weighted by Crippen LogP contribution is 2.25. The molecule has 0 radical (unpaired) electrons. The number of benzene rings is 1. The van der Waals surface area contributed by atoms with Gasteiger partial charge in [-0.25, -0.2) is 0 Å². The number of aromatic amines is 1. The molecule has 2 aromatic rings. The molecule has 0 saturated carbocycles. The SMILES string of the molecule is C=N/C=C(/C=C/c1cccc2c(CC(C)(C)N)c[nH]c12)N=CC. The van der Waals surface area contributed by atoms with E-state index < -0.39 is 0 Å². The number of aromatic nitrogens is 1. The monoisotopic (exact) mass is 308 g/mol. The van der Waals surface area contributed by atoms with Crippen molar-refractivity contribution in [2.24, 2.45) is 15.7 Å². The van der Waals surface area contributed by atoms with E-state index in [1.807, 2.05) is 39.1 Å². The summed E-state index contributed by atoms with van der Waals surface area (Å²) in [5.41, 5.74) is 10.1. The molecule has 0 unspecified atom stereocenters. The summed E-state index contributed by atoms with van der Waals surface area (Å²) in [4.78, 5) is 11.4.